The molecule has 6 nitrogen and oxygen atoms in total. The summed E-state index contributed by atoms with van der Waals surface area (Å²) in [6, 6.07) is 24.1. The number of fused-ring (bicyclic) bond motifs is 3. The first-order valence-corrected chi connectivity index (χ1v) is 9.97. The predicted octanol–water partition coefficient (Wildman–Crippen LogP) is 5.33. The first-order valence-electron chi connectivity index (χ1n) is 9.15. The first kappa shape index (κ1) is 16.3. The van der Waals surface area contributed by atoms with E-state index in [0.29, 0.717) is 23.2 Å². The van der Waals surface area contributed by atoms with Gasteiger partial charge in [0.05, 0.1) is 0 Å². The number of ether oxygens (including phenoxy) is 1. The molecule has 29 heavy (non-hydrogen) atoms. The summed E-state index contributed by atoms with van der Waals surface area (Å²) in [5.74, 6) is 2.04. The third kappa shape index (κ3) is 2.83. The normalized spacial score (nSPS) is 11.6. The Hall–Kier alpha value is -3.71. The van der Waals surface area contributed by atoms with E-state index in [2.05, 4.69) is 33.5 Å². The average Bonchev–Trinajstić information content (AvgIpc) is 3.45. The van der Waals surface area contributed by atoms with Gasteiger partial charge in [-0.05, 0) is 35.0 Å². The number of hydrogen-bond acceptors (Lipinski definition) is 6. The molecule has 0 N–H and O–H groups in total. The van der Waals surface area contributed by atoms with Gasteiger partial charge < -0.3 is 9.15 Å². The van der Waals surface area contributed by atoms with Crippen molar-refractivity contribution in [1.29, 1.82) is 0 Å². The topological polar surface area (TPSA) is 65.5 Å². The lowest BCUT2D eigenvalue weighted by Crippen LogP contribution is -1.97. The molecule has 0 saturated heterocycles. The zero-order valence-electron chi connectivity index (χ0n) is 15.1. The smallest absolute Gasteiger partial charge is 0.235 e. The number of hydrogen-bond donors (Lipinski definition) is 0. The van der Waals surface area contributed by atoms with Crippen molar-refractivity contribution in [1.82, 2.24) is 19.8 Å². The zero-order chi connectivity index (χ0) is 19.2. The number of rotatable bonds is 4. The van der Waals surface area contributed by atoms with Gasteiger partial charge in [-0.3, -0.25) is 0 Å². The number of para-hydroxylation sites is 1. The molecule has 0 atom stereocenters. The summed E-state index contributed by atoms with van der Waals surface area (Å²) in [5, 5.41) is 17.3. The lowest BCUT2D eigenvalue weighted by molar-refractivity contribution is 0.304. The van der Waals surface area contributed by atoms with Crippen molar-refractivity contribution in [3.05, 3.63) is 77.8 Å². The van der Waals surface area contributed by atoms with Crippen LogP contribution < -0.4 is 4.74 Å². The van der Waals surface area contributed by atoms with Crippen LogP contribution in [0.15, 0.2) is 77.2 Å². The summed E-state index contributed by atoms with van der Waals surface area (Å²) in [6.07, 6.45) is 0. The van der Waals surface area contributed by atoms with Crippen LogP contribution in [0.4, 0.5) is 0 Å². The molecule has 0 unspecified atom stereocenters. The highest BCUT2D eigenvalue weighted by Gasteiger charge is 2.17. The maximum absolute atomic E-state index is 5.96. The molecule has 3 aromatic carbocycles. The quantitative estimate of drug-likeness (QED) is 0.401. The van der Waals surface area contributed by atoms with E-state index >= 15 is 0 Å². The van der Waals surface area contributed by atoms with E-state index in [0.717, 1.165) is 27.1 Å². The standard InChI is InChI=1S/C22H14N4O2S/c1-2-6-15-11-17(10-9-14(15)5-1)27-13-20-25-26-21(23-24-22(26)29-20)19-12-16-7-3-4-8-18(16)28-19/h1-12H,13H2. The van der Waals surface area contributed by atoms with Crippen molar-refractivity contribution in [3.63, 3.8) is 0 Å². The SMILES string of the molecule is c1ccc2cc(OCc3nn4c(-c5cc6ccccc6o5)nnc4s3)ccc2c1. The molecule has 0 amide bonds. The highest BCUT2D eigenvalue weighted by Crippen LogP contribution is 2.28. The van der Waals surface area contributed by atoms with Gasteiger partial charge in [0.15, 0.2) is 10.8 Å². The second-order valence-electron chi connectivity index (χ2n) is 6.66. The van der Waals surface area contributed by atoms with Crippen molar-refractivity contribution < 1.29 is 9.15 Å². The minimum atomic E-state index is 0.367. The maximum Gasteiger partial charge on any atom is 0.235 e. The van der Waals surface area contributed by atoms with Gasteiger partial charge in [-0.1, -0.05) is 59.9 Å². The maximum atomic E-state index is 5.96. The fraction of sp³-hybridized carbons (Fsp3) is 0.0455. The number of nitrogens with zero attached hydrogens (tertiary/aromatic N) is 4. The van der Waals surface area contributed by atoms with Gasteiger partial charge in [-0.25, -0.2) is 0 Å². The van der Waals surface area contributed by atoms with Crippen LogP contribution in [0.25, 0.3) is 38.3 Å². The van der Waals surface area contributed by atoms with E-state index in [1.165, 1.54) is 16.7 Å². The number of furan rings is 1. The van der Waals surface area contributed by atoms with Gasteiger partial charge in [0.2, 0.25) is 10.8 Å². The summed E-state index contributed by atoms with van der Waals surface area (Å²) in [6.45, 7) is 0.367. The first-order chi connectivity index (χ1) is 14.3. The predicted molar refractivity (Wildman–Crippen MR) is 112 cm³/mol. The fourth-order valence-electron chi connectivity index (χ4n) is 3.36. The van der Waals surface area contributed by atoms with E-state index in [-0.39, 0.29) is 0 Å². The molecule has 0 radical (unpaired) electrons. The zero-order valence-corrected chi connectivity index (χ0v) is 16.0. The molecule has 3 aromatic heterocycles. The molecule has 7 heteroatoms. The van der Waals surface area contributed by atoms with Crippen LogP contribution in [0.5, 0.6) is 5.75 Å². The fourth-order valence-corrected chi connectivity index (χ4v) is 4.11. The second-order valence-corrected chi connectivity index (χ2v) is 7.70. The minimum Gasteiger partial charge on any atom is -0.486 e. The third-order valence-corrected chi connectivity index (χ3v) is 5.63. The van der Waals surface area contributed by atoms with Gasteiger partial charge >= 0.3 is 0 Å². The number of aromatic nitrogens is 4. The molecule has 0 bridgehead atoms. The Bertz CT molecular complexity index is 1450. The molecule has 0 aliphatic rings. The average molecular weight is 398 g/mol. The van der Waals surface area contributed by atoms with Crippen LogP contribution in [0.3, 0.4) is 0 Å². The van der Waals surface area contributed by atoms with Crippen LogP contribution in [-0.4, -0.2) is 19.8 Å². The van der Waals surface area contributed by atoms with Crippen LogP contribution in [0.1, 0.15) is 5.01 Å². The van der Waals surface area contributed by atoms with Gasteiger partial charge in [0.25, 0.3) is 0 Å². The van der Waals surface area contributed by atoms with Gasteiger partial charge in [-0.15, -0.1) is 10.2 Å². The summed E-state index contributed by atoms with van der Waals surface area (Å²) >= 11 is 1.45. The van der Waals surface area contributed by atoms with Crippen molar-refractivity contribution in [3.8, 4) is 17.3 Å². The van der Waals surface area contributed by atoms with Crippen LogP contribution in [0.2, 0.25) is 0 Å². The lowest BCUT2D eigenvalue weighted by Gasteiger charge is -2.05. The van der Waals surface area contributed by atoms with E-state index in [4.69, 9.17) is 9.15 Å². The molecule has 140 valence electrons. The number of benzene rings is 3. The molecule has 0 aliphatic heterocycles. The molecule has 0 spiro atoms. The summed E-state index contributed by atoms with van der Waals surface area (Å²) in [4.78, 5) is 0.706. The van der Waals surface area contributed by atoms with Gasteiger partial charge in [-0.2, -0.15) is 9.61 Å². The Labute approximate surface area is 169 Å². The second kappa shape index (κ2) is 6.42. The van der Waals surface area contributed by atoms with Crippen molar-refractivity contribution in [2.24, 2.45) is 0 Å². The van der Waals surface area contributed by atoms with E-state index in [1.54, 1.807) is 4.52 Å². The van der Waals surface area contributed by atoms with Crippen molar-refractivity contribution >= 4 is 38.0 Å². The monoisotopic (exact) mass is 398 g/mol. The molecule has 0 fully saturated rings. The highest BCUT2D eigenvalue weighted by atomic mass is 32.1. The lowest BCUT2D eigenvalue weighted by atomic mass is 10.1. The Morgan fingerprint density at radius 3 is 2.59 bits per heavy atom. The Kier molecular flexibility index (Phi) is 3.60. The third-order valence-electron chi connectivity index (χ3n) is 4.76. The highest BCUT2D eigenvalue weighted by molar-refractivity contribution is 7.16. The largest absolute Gasteiger partial charge is 0.486 e. The molecule has 0 aliphatic carbocycles. The van der Waals surface area contributed by atoms with Crippen LogP contribution in [-0.2, 0) is 6.61 Å². The van der Waals surface area contributed by atoms with Gasteiger partial charge in [0, 0.05) is 5.39 Å². The van der Waals surface area contributed by atoms with E-state index in [9.17, 15) is 0 Å². The molecule has 3 heterocycles. The molecule has 6 aromatic rings. The molecular weight excluding hydrogens is 384 g/mol. The Morgan fingerprint density at radius 1 is 0.862 bits per heavy atom. The van der Waals surface area contributed by atoms with Gasteiger partial charge in [0.1, 0.15) is 17.9 Å². The van der Waals surface area contributed by atoms with E-state index in [1.807, 2.05) is 54.6 Å². The summed E-state index contributed by atoms with van der Waals surface area (Å²) < 4.78 is 13.6. The van der Waals surface area contributed by atoms with Crippen LogP contribution >= 0.6 is 11.3 Å². The van der Waals surface area contributed by atoms with Crippen molar-refractivity contribution in [2.45, 2.75) is 6.61 Å². The summed E-state index contributed by atoms with van der Waals surface area (Å²) in [5.41, 5.74) is 0.814. The minimum absolute atomic E-state index is 0.367. The molecular formula is C22H14N4O2S. The van der Waals surface area contributed by atoms with Crippen LogP contribution in [0, 0.1) is 0 Å². The Balaban J connectivity index is 1.29. The molecule has 0 saturated carbocycles. The Morgan fingerprint density at radius 2 is 1.69 bits per heavy atom. The van der Waals surface area contributed by atoms with Crippen molar-refractivity contribution in [2.75, 3.05) is 0 Å². The summed E-state index contributed by atoms with van der Waals surface area (Å²) in [7, 11) is 0. The molecule has 6 rings (SSSR count). The van der Waals surface area contributed by atoms with E-state index < -0.39 is 0 Å².